The first kappa shape index (κ1) is 12.6. The molecule has 0 aliphatic heterocycles. The van der Waals surface area contributed by atoms with Crippen LogP contribution in [0.2, 0.25) is 0 Å². The van der Waals surface area contributed by atoms with Crippen LogP contribution < -0.4 is 5.32 Å². The molecule has 0 saturated heterocycles. The van der Waals surface area contributed by atoms with Gasteiger partial charge in [0, 0.05) is 19.2 Å². The third-order valence-electron chi connectivity index (χ3n) is 3.83. The lowest BCUT2D eigenvalue weighted by atomic mass is 9.99. The average Bonchev–Trinajstić information content (AvgIpc) is 2.76. The molecule has 1 N–H and O–H groups in total. The van der Waals surface area contributed by atoms with Crippen LogP contribution in [-0.4, -0.2) is 12.6 Å². The van der Waals surface area contributed by atoms with Gasteiger partial charge in [0.2, 0.25) is 0 Å². The van der Waals surface area contributed by atoms with Gasteiger partial charge in [0.05, 0.1) is 6.61 Å². The summed E-state index contributed by atoms with van der Waals surface area (Å²) in [5, 5.41) is 3.72. The number of benzene rings is 1. The lowest BCUT2D eigenvalue weighted by Crippen LogP contribution is -2.39. The molecule has 1 aliphatic rings. The Morgan fingerprint density at radius 3 is 2.47 bits per heavy atom. The van der Waals surface area contributed by atoms with Crippen LogP contribution in [0.5, 0.6) is 0 Å². The number of hydrogen-bond acceptors (Lipinski definition) is 2. The largest absolute Gasteiger partial charge is 0.380 e. The molecule has 0 heterocycles. The van der Waals surface area contributed by atoms with Gasteiger partial charge in [0.1, 0.15) is 0 Å². The Labute approximate surface area is 104 Å². The molecule has 1 aliphatic carbocycles. The topological polar surface area (TPSA) is 21.3 Å². The molecule has 94 valence electrons. The molecule has 0 unspecified atom stereocenters. The van der Waals surface area contributed by atoms with Crippen LogP contribution in [0, 0.1) is 0 Å². The fourth-order valence-electron chi connectivity index (χ4n) is 2.67. The molecule has 1 aromatic rings. The van der Waals surface area contributed by atoms with Gasteiger partial charge in [-0.25, -0.2) is 0 Å². The summed E-state index contributed by atoms with van der Waals surface area (Å²) in [6.07, 6.45) is 5.34. The minimum absolute atomic E-state index is 0.347. The first-order chi connectivity index (χ1) is 8.23. The molecule has 0 aromatic heterocycles. The fraction of sp³-hybridized carbons (Fsp3) is 0.600. The summed E-state index contributed by atoms with van der Waals surface area (Å²) in [6.45, 7) is 4.00. The summed E-state index contributed by atoms with van der Waals surface area (Å²) in [4.78, 5) is 0. The van der Waals surface area contributed by atoms with Crippen LogP contribution in [0.4, 0.5) is 0 Å². The van der Waals surface area contributed by atoms with Crippen molar-refractivity contribution in [3.63, 3.8) is 0 Å². The number of hydrogen-bond donors (Lipinski definition) is 1. The third kappa shape index (κ3) is 3.30. The fourth-order valence-corrected chi connectivity index (χ4v) is 2.67. The van der Waals surface area contributed by atoms with E-state index >= 15 is 0 Å². The zero-order valence-electron chi connectivity index (χ0n) is 11.0. The lowest BCUT2D eigenvalue weighted by molar-refractivity contribution is 0.183. The molecule has 1 aromatic carbocycles. The normalized spacial score (nSPS) is 18.5. The molecule has 0 spiro atoms. The average molecular weight is 233 g/mol. The molecule has 2 heteroatoms. The monoisotopic (exact) mass is 233 g/mol. The van der Waals surface area contributed by atoms with Crippen LogP contribution >= 0.6 is 0 Å². The van der Waals surface area contributed by atoms with E-state index in [0.717, 1.165) is 6.54 Å². The van der Waals surface area contributed by atoms with E-state index in [4.69, 9.17) is 4.74 Å². The Hall–Kier alpha value is -0.860. The summed E-state index contributed by atoms with van der Waals surface area (Å²) < 4.78 is 5.24. The molecule has 1 saturated carbocycles. The van der Waals surface area contributed by atoms with Crippen molar-refractivity contribution < 1.29 is 4.74 Å². The summed E-state index contributed by atoms with van der Waals surface area (Å²) in [5.41, 5.74) is 3.01. The molecule has 2 rings (SSSR count). The summed E-state index contributed by atoms with van der Waals surface area (Å²) >= 11 is 0. The third-order valence-corrected chi connectivity index (χ3v) is 3.83. The van der Waals surface area contributed by atoms with Crippen LogP contribution in [0.3, 0.4) is 0 Å². The number of ether oxygens (including phenoxy) is 1. The SMILES string of the molecule is COCc1ccccc1CNC1(C)CCCC1. The quantitative estimate of drug-likeness (QED) is 0.843. The second kappa shape index (κ2) is 5.65. The van der Waals surface area contributed by atoms with Gasteiger partial charge < -0.3 is 10.1 Å². The maximum Gasteiger partial charge on any atom is 0.0716 e. The molecule has 0 atom stereocenters. The number of methoxy groups -OCH3 is 1. The van der Waals surface area contributed by atoms with E-state index in [0.29, 0.717) is 12.1 Å². The van der Waals surface area contributed by atoms with E-state index in [-0.39, 0.29) is 0 Å². The van der Waals surface area contributed by atoms with Crippen LogP contribution in [0.25, 0.3) is 0 Å². The smallest absolute Gasteiger partial charge is 0.0716 e. The predicted molar refractivity (Wildman–Crippen MR) is 70.9 cm³/mol. The van der Waals surface area contributed by atoms with E-state index < -0.39 is 0 Å². The zero-order chi connectivity index (χ0) is 12.1. The molecule has 0 radical (unpaired) electrons. The second-order valence-corrected chi connectivity index (χ2v) is 5.32. The highest BCUT2D eigenvalue weighted by molar-refractivity contribution is 5.26. The van der Waals surface area contributed by atoms with Gasteiger partial charge in [-0.3, -0.25) is 0 Å². The van der Waals surface area contributed by atoms with Crippen LogP contribution in [0.1, 0.15) is 43.7 Å². The van der Waals surface area contributed by atoms with Gasteiger partial charge in [0.25, 0.3) is 0 Å². The molecule has 0 bridgehead atoms. The van der Waals surface area contributed by atoms with Gasteiger partial charge >= 0.3 is 0 Å². The second-order valence-electron chi connectivity index (χ2n) is 5.32. The number of rotatable bonds is 5. The summed E-state index contributed by atoms with van der Waals surface area (Å²) in [6, 6.07) is 8.53. The molecule has 2 nitrogen and oxygen atoms in total. The van der Waals surface area contributed by atoms with Crippen molar-refractivity contribution in [2.24, 2.45) is 0 Å². The maximum absolute atomic E-state index is 5.24. The molecule has 17 heavy (non-hydrogen) atoms. The minimum atomic E-state index is 0.347. The molecular weight excluding hydrogens is 210 g/mol. The molecule has 1 fully saturated rings. The Balaban J connectivity index is 1.98. The maximum atomic E-state index is 5.24. The van der Waals surface area contributed by atoms with Crippen molar-refractivity contribution in [1.29, 1.82) is 0 Å². The minimum Gasteiger partial charge on any atom is -0.380 e. The Morgan fingerprint density at radius 1 is 1.18 bits per heavy atom. The van der Waals surface area contributed by atoms with Crippen LogP contribution in [-0.2, 0) is 17.9 Å². The van der Waals surface area contributed by atoms with E-state index in [1.54, 1.807) is 7.11 Å². The highest BCUT2D eigenvalue weighted by Gasteiger charge is 2.27. The van der Waals surface area contributed by atoms with Crippen molar-refractivity contribution >= 4 is 0 Å². The van der Waals surface area contributed by atoms with Crippen molar-refractivity contribution in [3.05, 3.63) is 35.4 Å². The Kier molecular flexibility index (Phi) is 4.19. The standard InChI is InChI=1S/C15H23NO/c1-15(9-5-6-10-15)16-11-13-7-3-4-8-14(13)12-17-2/h3-4,7-8,16H,5-6,9-12H2,1-2H3. The van der Waals surface area contributed by atoms with Crippen molar-refractivity contribution in [3.8, 4) is 0 Å². The van der Waals surface area contributed by atoms with Gasteiger partial charge in [-0.15, -0.1) is 0 Å². The highest BCUT2D eigenvalue weighted by Crippen LogP contribution is 2.29. The van der Waals surface area contributed by atoms with Crippen molar-refractivity contribution in [2.75, 3.05) is 7.11 Å². The molecule has 0 amide bonds. The zero-order valence-corrected chi connectivity index (χ0v) is 11.0. The highest BCUT2D eigenvalue weighted by atomic mass is 16.5. The van der Waals surface area contributed by atoms with Gasteiger partial charge in [-0.05, 0) is 30.9 Å². The number of nitrogens with one attached hydrogen (secondary N) is 1. The van der Waals surface area contributed by atoms with Crippen molar-refractivity contribution in [2.45, 2.75) is 51.3 Å². The summed E-state index contributed by atoms with van der Waals surface area (Å²) in [5.74, 6) is 0. The van der Waals surface area contributed by atoms with Crippen LogP contribution in [0.15, 0.2) is 24.3 Å². The van der Waals surface area contributed by atoms with E-state index in [2.05, 4.69) is 36.5 Å². The first-order valence-corrected chi connectivity index (χ1v) is 6.54. The first-order valence-electron chi connectivity index (χ1n) is 6.54. The Morgan fingerprint density at radius 2 is 1.82 bits per heavy atom. The van der Waals surface area contributed by atoms with E-state index in [1.165, 1.54) is 36.8 Å². The Bertz CT molecular complexity index is 356. The van der Waals surface area contributed by atoms with Gasteiger partial charge in [0.15, 0.2) is 0 Å². The lowest BCUT2D eigenvalue weighted by Gasteiger charge is -2.26. The summed E-state index contributed by atoms with van der Waals surface area (Å²) in [7, 11) is 1.75. The predicted octanol–water partition coefficient (Wildman–Crippen LogP) is 3.26. The van der Waals surface area contributed by atoms with E-state index in [1.807, 2.05) is 0 Å². The van der Waals surface area contributed by atoms with Gasteiger partial charge in [-0.1, -0.05) is 37.1 Å². The van der Waals surface area contributed by atoms with Crippen molar-refractivity contribution in [1.82, 2.24) is 5.32 Å². The van der Waals surface area contributed by atoms with Gasteiger partial charge in [-0.2, -0.15) is 0 Å². The molecular formula is C15H23NO. The van der Waals surface area contributed by atoms with E-state index in [9.17, 15) is 0 Å².